The van der Waals surface area contributed by atoms with Crippen LogP contribution in [0.25, 0.3) is 0 Å². The van der Waals surface area contributed by atoms with E-state index in [0.29, 0.717) is 4.83 Å². The lowest BCUT2D eigenvalue weighted by Gasteiger charge is -2.43. The van der Waals surface area contributed by atoms with Crippen molar-refractivity contribution in [3.05, 3.63) is 107 Å². The first-order valence-corrected chi connectivity index (χ1v) is 11.1. The van der Waals surface area contributed by atoms with Gasteiger partial charge in [-0.3, -0.25) is 0 Å². The Hall–Kier alpha value is -1.86. The van der Waals surface area contributed by atoms with Crippen LogP contribution >= 0.6 is 15.9 Å². The van der Waals surface area contributed by atoms with Crippen LogP contribution < -0.4 is 0 Å². The molecule has 1 aliphatic carbocycles. The van der Waals surface area contributed by atoms with Crippen molar-refractivity contribution in [1.82, 2.24) is 0 Å². The van der Waals surface area contributed by atoms with Crippen molar-refractivity contribution in [2.24, 2.45) is 0 Å². The second-order valence-electron chi connectivity index (χ2n) is 9.39. The Morgan fingerprint density at radius 1 is 0.750 bits per heavy atom. The van der Waals surface area contributed by atoms with Crippen LogP contribution in [0, 0.1) is 0 Å². The van der Waals surface area contributed by atoms with E-state index in [1.807, 2.05) is 0 Å². The van der Waals surface area contributed by atoms with Crippen LogP contribution in [-0.4, -0.2) is 4.83 Å². The lowest BCUT2D eigenvalue weighted by Crippen LogP contribution is -2.44. The molecule has 0 heterocycles. The molecule has 0 fully saturated rings. The summed E-state index contributed by atoms with van der Waals surface area (Å²) in [5.74, 6) is 0. The highest BCUT2D eigenvalue weighted by molar-refractivity contribution is 9.09. The quantitative estimate of drug-likeness (QED) is 0.376. The Bertz CT molecular complexity index is 956. The average molecular weight is 433 g/mol. The fraction of sp³-hybridized carbons (Fsp3) is 0.333. The van der Waals surface area contributed by atoms with E-state index in [2.05, 4.69) is 129 Å². The van der Waals surface area contributed by atoms with Gasteiger partial charge in [-0.25, -0.2) is 0 Å². The van der Waals surface area contributed by atoms with Crippen LogP contribution in [0.1, 0.15) is 56.4 Å². The smallest absolute Gasteiger partial charge is 0.0375 e. The molecule has 0 aromatic heterocycles. The summed E-state index contributed by atoms with van der Waals surface area (Å²) in [5, 5.41) is 0. The normalized spacial score (nSPS) is 23.4. The first-order valence-electron chi connectivity index (χ1n) is 10.2. The highest BCUT2D eigenvalue weighted by Crippen LogP contribution is 2.60. The van der Waals surface area contributed by atoms with Gasteiger partial charge in [0.25, 0.3) is 0 Å². The molecular weight excluding hydrogens is 404 g/mol. The third-order valence-electron chi connectivity index (χ3n) is 6.73. The molecule has 144 valence electrons. The van der Waals surface area contributed by atoms with Crippen molar-refractivity contribution in [3.8, 4) is 0 Å². The number of hydrogen-bond donors (Lipinski definition) is 0. The minimum Gasteiger partial charge on any atom is -0.0868 e. The Kier molecular flexibility index (Phi) is 4.78. The zero-order valence-corrected chi connectivity index (χ0v) is 18.8. The number of fused-ring (bicyclic) bond motifs is 1. The molecule has 0 spiro atoms. The minimum absolute atomic E-state index is 0.0383. The van der Waals surface area contributed by atoms with E-state index < -0.39 is 0 Å². The summed E-state index contributed by atoms with van der Waals surface area (Å²) in [6, 6.07) is 31.1. The van der Waals surface area contributed by atoms with Gasteiger partial charge in [0.05, 0.1) is 0 Å². The Morgan fingerprint density at radius 3 is 1.86 bits per heavy atom. The molecule has 0 radical (unpaired) electrons. The van der Waals surface area contributed by atoms with Crippen LogP contribution in [-0.2, 0) is 16.2 Å². The number of halogens is 1. The maximum atomic E-state index is 4.23. The Labute approximate surface area is 178 Å². The molecule has 0 saturated carbocycles. The predicted molar refractivity (Wildman–Crippen MR) is 123 cm³/mol. The van der Waals surface area contributed by atoms with Crippen LogP contribution in [0.4, 0.5) is 0 Å². The molecule has 0 bridgehead atoms. The van der Waals surface area contributed by atoms with E-state index in [4.69, 9.17) is 0 Å². The van der Waals surface area contributed by atoms with E-state index in [1.54, 1.807) is 0 Å². The lowest BCUT2D eigenvalue weighted by atomic mass is 9.63. The zero-order valence-electron chi connectivity index (χ0n) is 17.2. The molecule has 4 rings (SSSR count). The lowest BCUT2D eigenvalue weighted by molar-refractivity contribution is 0.324. The fourth-order valence-corrected chi connectivity index (χ4v) is 6.26. The molecule has 1 aliphatic rings. The zero-order chi connectivity index (χ0) is 20.0. The molecule has 0 nitrogen and oxygen atoms in total. The van der Waals surface area contributed by atoms with Gasteiger partial charge in [0.1, 0.15) is 0 Å². The van der Waals surface area contributed by atoms with Gasteiger partial charge in [0.2, 0.25) is 0 Å². The average Bonchev–Trinajstić information content (AvgIpc) is 2.88. The summed E-state index contributed by atoms with van der Waals surface area (Å²) in [4.78, 5) is 0.315. The van der Waals surface area contributed by atoms with E-state index in [9.17, 15) is 0 Å². The molecule has 3 aromatic carbocycles. The van der Waals surface area contributed by atoms with Gasteiger partial charge in [-0.05, 0) is 34.1 Å². The van der Waals surface area contributed by atoms with Crippen LogP contribution in [0.3, 0.4) is 0 Å². The summed E-state index contributed by atoms with van der Waals surface area (Å²) in [7, 11) is 0. The molecule has 0 aliphatic heterocycles. The summed E-state index contributed by atoms with van der Waals surface area (Å²) in [6.07, 6.45) is 1.05. The van der Waals surface area contributed by atoms with E-state index in [1.165, 1.54) is 22.3 Å². The molecular formula is C27H29Br. The summed E-state index contributed by atoms with van der Waals surface area (Å²) >= 11 is 4.23. The van der Waals surface area contributed by atoms with Gasteiger partial charge in [-0.2, -0.15) is 0 Å². The molecule has 0 N–H and O–H groups in total. The van der Waals surface area contributed by atoms with Crippen LogP contribution in [0.5, 0.6) is 0 Å². The molecule has 2 atom stereocenters. The maximum absolute atomic E-state index is 4.23. The number of alkyl halides is 1. The maximum Gasteiger partial charge on any atom is 0.0375 e. The summed E-state index contributed by atoms with van der Waals surface area (Å²) < 4.78 is 0. The molecule has 0 amide bonds. The fourth-order valence-electron chi connectivity index (χ4n) is 5.34. The Balaban J connectivity index is 1.96. The second-order valence-corrected chi connectivity index (χ2v) is 10.3. The van der Waals surface area contributed by atoms with Crippen molar-refractivity contribution in [2.45, 2.75) is 55.2 Å². The number of hydrogen-bond acceptors (Lipinski definition) is 0. The molecule has 3 aromatic rings. The second kappa shape index (κ2) is 6.88. The van der Waals surface area contributed by atoms with Crippen LogP contribution in [0.15, 0.2) is 84.9 Å². The molecule has 28 heavy (non-hydrogen) atoms. The topological polar surface area (TPSA) is 0 Å². The van der Waals surface area contributed by atoms with Gasteiger partial charge in [-0.15, -0.1) is 0 Å². The third-order valence-corrected chi connectivity index (χ3v) is 8.66. The van der Waals surface area contributed by atoms with E-state index in [0.717, 1.165) is 6.42 Å². The van der Waals surface area contributed by atoms with E-state index in [-0.39, 0.29) is 16.2 Å². The number of benzene rings is 3. The van der Waals surface area contributed by atoms with Crippen molar-refractivity contribution in [1.29, 1.82) is 0 Å². The number of rotatable bonds is 4. The first kappa shape index (κ1) is 19.5. The predicted octanol–water partition coefficient (Wildman–Crippen LogP) is 7.40. The van der Waals surface area contributed by atoms with Gasteiger partial charge < -0.3 is 0 Å². The van der Waals surface area contributed by atoms with E-state index >= 15 is 0 Å². The van der Waals surface area contributed by atoms with Crippen molar-refractivity contribution >= 4 is 15.9 Å². The Morgan fingerprint density at radius 2 is 1.25 bits per heavy atom. The SMILES string of the molecule is CC(C)(CC1(c2ccccc2)c2ccccc2C(C)(C)C1Br)c1ccccc1. The van der Waals surface area contributed by atoms with Crippen molar-refractivity contribution in [2.75, 3.05) is 0 Å². The minimum atomic E-state index is -0.0826. The third kappa shape index (κ3) is 2.87. The summed E-state index contributed by atoms with van der Waals surface area (Å²) in [5.41, 5.74) is 5.74. The first-order chi connectivity index (χ1) is 13.3. The van der Waals surface area contributed by atoms with Gasteiger partial charge in [0.15, 0.2) is 0 Å². The van der Waals surface area contributed by atoms with Gasteiger partial charge in [-0.1, -0.05) is 129 Å². The molecule has 0 saturated heterocycles. The summed E-state index contributed by atoms with van der Waals surface area (Å²) in [6.45, 7) is 9.54. The highest BCUT2D eigenvalue weighted by atomic mass is 79.9. The largest absolute Gasteiger partial charge is 0.0868 e. The van der Waals surface area contributed by atoms with Crippen LogP contribution in [0.2, 0.25) is 0 Å². The van der Waals surface area contributed by atoms with Crippen molar-refractivity contribution < 1.29 is 0 Å². The van der Waals surface area contributed by atoms with Gasteiger partial charge >= 0.3 is 0 Å². The van der Waals surface area contributed by atoms with Gasteiger partial charge in [0, 0.05) is 15.7 Å². The highest BCUT2D eigenvalue weighted by Gasteiger charge is 2.57. The monoisotopic (exact) mass is 432 g/mol. The molecule has 2 unspecified atom stereocenters. The van der Waals surface area contributed by atoms with Crippen molar-refractivity contribution in [3.63, 3.8) is 0 Å². The standard InChI is InChI=1S/C27H29Br/c1-25(2,20-13-7-5-8-14-20)19-27(21-15-9-6-10-16-21)23-18-12-11-17-22(23)26(3,4)24(27)28/h5-18,24H,19H2,1-4H3. The molecule has 1 heteroatoms.